The Hall–Kier alpha value is -1.61. The highest BCUT2D eigenvalue weighted by Gasteiger charge is 2.06. The van der Waals surface area contributed by atoms with Crippen LogP contribution >= 0.6 is 0 Å². The molecule has 0 radical (unpaired) electrons. The van der Waals surface area contributed by atoms with Gasteiger partial charge in [0.25, 0.3) is 0 Å². The second-order valence-electron chi connectivity index (χ2n) is 5.69. The summed E-state index contributed by atoms with van der Waals surface area (Å²) in [6.07, 6.45) is 3.76. The number of aryl methyl sites for hydroxylation is 2. The van der Waals surface area contributed by atoms with Crippen molar-refractivity contribution in [2.45, 2.75) is 33.6 Å². The Balaban J connectivity index is 1.82. The normalized spacial score (nSPS) is 11.2. The summed E-state index contributed by atoms with van der Waals surface area (Å²) in [5.74, 6) is 2.38. The van der Waals surface area contributed by atoms with Crippen LogP contribution in [0, 0.1) is 12.8 Å². The SMILES string of the molecule is Cc1ccc(-c2cnc(CCCNCC(C)C)o2)cc1. The Kier molecular flexibility index (Phi) is 5.36. The van der Waals surface area contributed by atoms with Crippen LogP contribution in [0.25, 0.3) is 11.3 Å². The summed E-state index contributed by atoms with van der Waals surface area (Å²) in [5.41, 5.74) is 2.34. The molecule has 0 aliphatic carbocycles. The lowest BCUT2D eigenvalue weighted by atomic mass is 10.1. The van der Waals surface area contributed by atoms with Gasteiger partial charge in [0.2, 0.25) is 0 Å². The van der Waals surface area contributed by atoms with Crippen LogP contribution in [-0.4, -0.2) is 18.1 Å². The van der Waals surface area contributed by atoms with Crippen LogP contribution in [0.2, 0.25) is 0 Å². The van der Waals surface area contributed by atoms with Crippen molar-refractivity contribution in [3.8, 4) is 11.3 Å². The molecule has 3 nitrogen and oxygen atoms in total. The van der Waals surface area contributed by atoms with Crippen LogP contribution in [0.15, 0.2) is 34.9 Å². The highest BCUT2D eigenvalue weighted by atomic mass is 16.4. The predicted molar refractivity (Wildman–Crippen MR) is 82.7 cm³/mol. The molecule has 0 bridgehead atoms. The molecule has 108 valence electrons. The Labute approximate surface area is 121 Å². The summed E-state index contributed by atoms with van der Waals surface area (Å²) in [6.45, 7) is 8.60. The van der Waals surface area contributed by atoms with Gasteiger partial charge in [0.15, 0.2) is 11.7 Å². The van der Waals surface area contributed by atoms with Crippen molar-refractivity contribution in [3.63, 3.8) is 0 Å². The minimum Gasteiger partial charge on any atom is -0.441 e. The summed E-state index contributed by atoms with van der Waals surface area (Å²) >= 11 is 0. The molecule has 0 fully saturated rings. The Morgan fingerprint density at radius 3 is 2.65 bits per heavy atom. The third kappa shape index (κ3) is 4.49. The molecule has 1 N–H and O–H groups in total. The van der Waals surface area contributed by atoms with Crippen molar-refractivity contribution < 1.29 is 4.42 Å². The van der Waals surface area contributed by atoms with Crippen molar-refractivity contribution in [2.24, 2.45) is 5.92 Å². The van der Waals surface area contributed by atoms with Crippen molar-refractivity contribution in [1.82, 2.24) is 10.3 Å². The fourth-order valence-electron chi connectivity index (χ4n) is 2.03. The van der Waals surface area contributed by atoms with Crippen molar-refractivity contribution >= 4 is 0 Å². The first-order valence-corrected chi connectivity index (χ1v) is 7.37. The maximum atomic E-state index is 5.80. The van der Waals surface area contributed by atoms with Crippen LogP contribution in [0.3, 0.4) is 0 Å². The number of rotatable bonds is 7. The molecule has 2 aromatic rings. The average Bonchev–Trinajstić information content (AvgIpc) is 2.87. The monoisotopic (exact) mass is 272 g/mol. The van der Waals surface area contributed by atoms with E-state index in [-0.39, 0.29) is 0 Å². The molecule has 0 amide bonds. The summed E-state index contributed by atoms with van der Waals surface area (Å²) in [7, 11) is 0. The zero-order valence-electron chi connectivity index (χ0n) is 12.6. The smallest absolute Gasteiger partial charge is 0.194 e. The maximum Gasteiger partial charge on any atom is 0.194 e. The van der Waals surface area contributed by atoms with Gasteiger partial charge in [-0.15, -0.1) is 0 Å². The van der Waals surface area contributed by atoms with Gasteiger partial charge in [0.1, 0.15) is 0 Å². The van der Waals surface area contributed by atoms with Crippen molar-refractivity contribution in [2.75, 3.05) is 13.1 Å². The second-order valence-corrected chi connectivity index (χ2v) is 5.69. The van der Waals surface area contributed by atoms with E-state index < -0.39 is 0 Å². The predicted octanol–water partition coefficient (Wildman–Crippen LogP) is 3.83. The second kappa shape index (κ2) is 7.25. The van der Waals surface area contributed by atoms with E-state index in [1.54, 1.807) is 0 Å². The maximum absolute atomic E-state index is 5.80. The lowest BCUT2D eigenvalue weighted by molar-refractivity contribution is 0.483. The van der Waals surface area contributed by atoms with Crippen LogP contribution in [-0.2, 0) is 6.42 Å². The van der Waals surface area contributed by atoms with Gasteiger partial charge in [-0.05, 0) is 32.4 Å². The average molecular weight is 272 g/mol. The molecule has 0 saturated heterocycles. The summed E-state index contributed by atoms with van der Waals surface area (Å²) in [5, 5.41) is 3.43. The molecule has 1 aromatic carbocycles. The Morgan fingerprint density at radius 2 is 1.95 bits per heavy atom. The summed E-state index contributed by atoms with van der Waals surface area (Å²) in [6, 6.07) is 8.33. The van der Waals surface area contributed by atoms with E-state index in [2.05, 4.69) is 55.3 Å². The lowest BCUT2D eigenvalue weighted by Crippen LogP contribution is -2.21. The zero-order valence-corrected chi connectivity index (χ0v) is 12.6. The zero-order chi connectivity index (χ0) is 14.4. The van der Waals surface area contributed by atoms with E-state index in [0.717, 1.165) is 43.1 Å². The first-order chi connectivity index (χ1) is 9.65. The van der Waals surface area contributed by atoms with Crippen LogP contribution in [0.4, 0.5) is 0 Å². The number of nitrogens with zero attached hydrogens (tertiary/aromatic N) is 1. The van der Waals surface area contributed by atoms with Crippen molar-refractivity contribution in [1.29, 1.82) is 0 Å². The summed E-state index contributed by atoms with van der Waals surface area (Å²) < 4.78 is 5.80. The molecule has 1 heterocycles. The molecule has 0 aliphatic rings. The minimum absolute atomic E-state index is 0.699. The number of hydrogen-bond acceptors (Lipinski definition) is 3. The number of oxazole rings is 1. The minimum atomic E-state index is 0.699. The first-order valence-electron chi connectivity index (χ1n) is 7.37. The van der Waals surface area contributed by atoms with E-state index in [1.807, 2.05) is 6.20 Å². The quantitative estimate of drug-likeness (QED) is 0.778. The van der Waals surface area contributed by atoms with Gasteiger partial charge >= 0.3 is 0 Å². The molecule has 1 aromatic heterocycles. The van der Waals surface area contributed by atoms with Crippen LogP contribution < -0.4 is 5.32 Å². The third-order valence-electron chi connectivity index (χ3n) is 3.19. The van der Waals surface area contributed by atoms with Gasteiger partial charge in [0.05, 0.1) is 6.20 Å². The molecule has 20 heavy (non-hydrogen) atoms. The van der Waals surface area contributed by atoms with Gasteiger partial charge in [-0.25, -0.2) is 4.98 Å². The standard InChI is InChI=1S/C17H24N2O/c1-13(2)11-18-10-4-5-17-19-12-16(20-17)15-8-6-14(3)7-9-15/h6-9,12-13,18H,4-5,10-11H2,1-3H3. The largest absolute Gasteiger partial charge is 0.441 e. The number of benzene rings is 1. The molecule has 3 heteroatoms. The highest BCUT2D eigenvalue weighted by Crippen LogP contribution is 2.21. The van der Waals surface area contributed by atoms with Gasteiger partial charge < -0.3 is 9.73 Å². The molecule has 0 unspecified atom stereocenters. The summed E-state index contributed by atoms with van der Waals surface area (Å²) in [4.78, 5) is 4.35. The number of nitrogens with one attached hydrogen (secondary N) is 1. The van der Waals surface area contributed by atoms with Gasteiger partial charge in [-0.2, -0.15) is 0 Å². The Morgan fingerprint density at radius 1 is 1.20 bits per heavy atom. The molecule has 2 rings (SSSR count). The molecular formula is C17H24N2O. The third-order valence-corrected chi connectivity index (χ3v) is 3.19. The van der Waals surface area contributed by atoms with E-state index in [0.29, 0.717) is 5.92 Å². The van der Waals surface area contributed by atoms with Gasteiger partial charge in [-0.1, -0.05) is 43.7 Å². The molecule has 0 aliphatic heterocycles. The van der Waals surface area contributed by atoms with Crippen LogP contribution in [0.1, 0.15) is 31.7 Å². The Bertz CT molecular complexity index is 514. The van der Waals surface area contributed by atoms with E-state index in [1.165, 1.54) is 5.56 Å². The van der Waals surface area contributed by atoms with Gasteiger partial charge in [-0.3, -0.25) is 0 Å². The van der Waals surface area contributed by atoms with Crippen LogP contribution in [0.5, 0.6) is 0 Å². The fourth-order valence-corrected chi connectivity index (χ4v) is 2.03. The van der Waals surface area contributed by atoms with E-state index in [4.69, 9.17) is 4.42 Å². The van der Waals surface area contributed by atoms with E-state index in [9.17, 15) is 0 Å². The molecule has 0 atom stereocenters. The number of aromatic nitrogens is 1. The van der Waals surface area contributed by atoms with Gasteiger partial charge in [0, 0.05) is 12.0 Å². The number of hydrogen-bond donors (Lipinski definition) is 1. The first kappa shape index (κ1) is 14.8. The van der Waals surface area contributed by atoms with Crippen molar-refractivity contribution in [3.05, 3.63) is 41.9 Å². The molecular weight excluding hydrogens is 248 g/mol. The topological polar surface area (TPSA) is 38.1 Å². The van der Waals surface area contributed by atoms with E-state index >= 15 is 0 Å². The fraction of sp³-hybridized carbons (Fsp3) is 0.471. The highest BCUT2D eigenvalue weighted by molar-refractivity contribution is 5.56. The lowest BCUT2D eigenvalue weighted by Gasteiger charge is -2.05. The molecule has 0 spiro atoms. The molecule has 0 saturated carbocycles.